The molecular weight excluding hydrogens is 1280 g/mol. The van der Waals surface area contributed by atoms with E-state index in [0.717, 1.165) is 108 Å². The number of esters is 4. The summed E-state index contributed by atoms with van der Waals surface area (Å²) in [5, 5.41) is 10.6. The van der Waals surface area contributed by atoms with Gasteiger partial charge < -0.3 is 33.8 Å². The van der Waals surface area contributed by atoms with E-state index in [-0.39, 0.29) is 25.7 Å². The molecule has 98 heavy (non-hydrogen) atoms. The second-order valence-electron chi connectivity index (χ2n) is 30.1. The molecule has 3 N–H and O–H groups in total. The van der Waals surface area contributed by atoms with Gasteiger partial charge in [0.15, 0.2) is 12.2 Å². The van der Waals surface area contributed by atoms with Gasteiger partial charge in [0.05, 0.1) is 26.4 Å². The summed E-state index contributed by atoms with van der Waals surface area (Å²) in [4.78, 5) is 72.8. The molecule has 0 fully saturated rings. The molecule has 0 aromatic heterocycles. The Morgan fingerprint density at radius 3 is 0.724 bits per heavy atom. The van der Waals surface area contributed by atoms with Gasteiger partial charge in [-0.05, 0) is 49.4 Å². The predicted molar refractivity (Wildman–Crippen MR) is 400 cm³/mol. The lowest BCUT2D eigenvalue weighted by molar-refractivity contribution is -0.161. The summed E-state index contributed by atoms with van der Waals surface area (Å²) in [6, 6.07) is 0. The van der Waals surface area contributed by atoms with Gasteiger partial charge >= 0.3 is 39.5 Å². The molecule has 0 aliphatic heterocycles. The van der Waals surface area contributed by atoms with Gasteiger partial charge in [0.2, 0.25) is 0 Å². The maximum Gasteiger partial charge on any atom is 0.472 e. The topological polar surface area (TPSA) is 237 Å². The van der Waals surface area contributed by atoms with E-state index >= 15 is 0 Å². The summed E-state index contributed by atoms with van der Waals surface area (Å²) in [5.74, 6) is 0.922. The zero-order valence-corrected chi connectivity index (χ0v) is 66.2. The average molecular weight is 1440 g/mol. The number of carbonyl (C=O) groups is 4. The van der Waals surface area contributed by atoms with E-state index in [1.165, 1.54) is 199 Å². The Morgan fingerprint density at radius 1 is 0.286 bits per heavy atom. The molecule has 0 rings (SSSR count). The molecule has 0 amide bonds. The number of carbonyl (C=O) groups excluding carboxylic acids is 4. The number of hydrogen-bond acceptors (Lipinski definition) is 15. The summed E-state index contributed by atoms with van der Waals surface area (Å²) in [5.41, 5.74) is 0. The Bertz CT molecular complexity index is 1920. The van der Waals surface area contributed by atoms with E-state index in [4.69, 9.17) is 37.0 Å². The lowest BCUT2D eigenvalue weighted by atomic mass is 9.99. The Balaban J connectivity index is 5.19. The van der Waals surface area contributed by atoms with Crippen LogP contribution in [0, 0.1) is 23.7 Å². The van der Waals surface area contributed by atoms with Gasteiger partial charge in [0.25, 0.3) is 0 Å². The average Bonchev–Trinajstić information content (AvgIpc) is 1.03. The number of aliphatic hydroxyl groups is 1. The molecule has 0 aliphatic carbocycles. The van der Waals surface area contributed by atoms with Crippen molar-refractivity contribution in [3.05, 3.63) is 0 Å². The third-order valence-electron chi connectivity index (χ3n) is 18.7. The molecule has 6 atom stereocenters. The molecule has 0 aromatic rings. The van der Waals surface area contributed by atoms with E-state index in [1.807, 2.05) is 0 Å². The summed E-state index contributed by atoms with van der Waals surface area (Å²) in [6.45, 7) is 14.2. The molecule has 0 bridgehead atoms. The number of phosphoric ester groups is 2. The summed E-state index contributed by atoms with van der Waals surface area (Å²) < 4.78 is 68.5. The minimum atomic E-state index is -4.96. The number of unbranched alkanes of at least 4 members (excludes halogenated alkanes) is 41. The molecule has 0 heterocycles. The van der Waals surface area contributed by atoms with Crippen molar-refractivity contribution < 1.29 is 80.2 Å². The monoisotopic (exact) mass is 1440 g/mol. The molecule has 582 valence electrons. The zero-order valence-electron chi connectivity index (χ0n) is 64.4. The molecule has 0 spiro atoms. The number of rotatable bonds is 76. The van der Waals surface area contributed by atoms with Crippen molar-refractivity contribution in [3.63, 3.8) is 0 Å². The van der Waals surface area contributed by atoms with Gasteiger partial charge in [0, 0.05) is 25.7 Å². The molecule has 0 saturated heterocycles. The zero-order chi connectivity index (χ0) is 72.4. The SMILES string of the molecule is CCC(C)CCCCCCCCCCCCCCCCC(=O)OC[C@H](COP(=O)(O)OCC(O)COP(=O)(O)OC[C@@H](COC(=O)CCCCCCCCCC(C)C)OC(=O)CCCCCCCCC(C)C)OC(=O)CCCCCCCCCCCCCCCCCCCCC(C)C. The molecule has 19 heteroatoms. The first kappa shape index (κ1) is 96.1. The van der Waals surface area contributed by atoms with Crippen molar-refractivity contribution >= 4 is 39.5 Å². The van der Waals surface area contributed by atoms with Gasteiger partial charge in [-0.2, -0.15) is 0 Å². The van der Waals surface area contributed by atoms with Gasteiger partial charge in [-0.25, -0.2) is 9.13 Å². The molecule has 0 aromatic carbocycles. The molecule has 0 aliphatic rings. The smallest absolute Gasteiger partial charge is 0.462 e. The van der Waals surface area contributed by atoms with Crippen LogP contribution in [0.2, 0.25) is 0 Å². The third kappa shape index (κ3) is 71.1. The van der Waals surface area contributed by atoms with Gasteiger partial charge in [0.1, 0.15) is 19.3 Å². The summed E-state index contributed by atoms with van der Waals surface area (Å²) in [6.07, 6.45) is 54.5. The van der Waals surface area contributed by atoms with Crippen LogP contribution in [0.3, 0.4) is 0 Å². The molecule has 4 unspecified atom stereocenters. The van der Waals surface area contributed by atoms with Gasteiger partial charge in [-0.1, -0.05) is 351 Å². The Labute approximate surface area is 600 Å². The lowest BCUT2D eigenvalue weighted by Gasteiger charge is -2.21. The first-order chi connectivity index (χ1) is 47.1. The van der Waals surface area contributed by atoms with Crippen LogP contribution < -0.4 is 0 Å². The van der Waals surface area contributed by atoms with Crippen LogP contribution in [0.5, 0.6) is 0 Å². The van der Waals surface area contributed by atoms with Crippen LogP contribution in [0.1, 0.15) is 402 Å². The van der Waals surface area contributed by atoms with Crippen LogP contribution in [0.4, 0.5) is 0 Å². The van der Waals surface area contributed by atoms with Crippen molar-refractivity contribution in [2.45, 2.75) is 420 Å². The Kier molecular flexibility index (Phi) is 66.8. The van der Waals surface area contributed by atoms with Gasteiger partial charge in [-0.15, -0.1) is 0 Å². The van der Waals surface area contributed by atoms with E-state index in [1.54, 1.807) is 0 Å². The molecule has 17 nitrogen and oxygen atoms in total. The quantitative estimate of drug-likeness (QED) is 0.0222. The Morgan fingerprint density at radius 2 is 0.490 bits per heavy atom. The van der Waals surface area contributed by atoms with E-state index in [9.17, 15) is 43.2 Å². The molecule has 0 saturated carbocycles. The summed E-state index contributed by atoms with van der Waals surface area (Å²) >= 11 is 0. The number of ether oxygens (including phenoxy) is 4. The van der Waals surface area contributed by atoms with Crippen molar-refractivity contribution in [3.8, 4) is 0 Å². The van der Waals surface area contributed by atoms with Gasteiger partial charge in [-0.3, -0.25) is 37.3 Å². The predicted octanol–water partition coefficient (Wildman–Crippen LogP) is 23.2. The van der Waals surface area contributed by atoms with E-state index in [0.29, 0.717) is 37.5 Å². The second-order valence-corrected chi connectivity index (χ2v) is 33.0. The van der Waals surface area contributed by atoms with Crippen LogP contribution in [0.25, 0.3) is 0 Å². The number of hydrogen-bond donors (Lipinski definition) is 3. The standard InChI is InChI=1S/C79H154O17P2/c1-9-72(8)58-50-42-33-27-23-19-16-17-20-24-28-34-43-51-59-76(81)89-65-74(95-78(83)61-53-45-35-29-25-21-15-13-11-10-12-14-18-22-26-31-39-47-55-69(2)3)67-93-97(85,86)91-63-73(80)64-92-98(87,88)94-68-75(96-79(84)62-54-46-38-37-41-49-57-71(6)7)66-90-77(82)60-52-44-36-30-32-40-48-56-70(4)5/h69-75,80H,9-68H2,1-8H3,(H,85,86)(H,87,88)/t72?,73?,74-,75-/m1/s1. The highest BCUT2D eigenvalue weighted by molar-refractivity contribution is 7.47. The highest BCUT2D eigenvalue weighted by Gasteiger charge is 2.30. The number of aliphatic hydroxyl groups excluding tert-OH is 1. The lowest BCUT2D eigenvalue weighted by Crippen LogP contribution is -2.30. The van der Waals surface area contributed by atoms with Crippen molar-refractivity contribution in [2.75, 3.05) is 39.6 Å². The molecular formula is C79H154O17P2. The first-order valence-electron chi connectivity index (χ1n) is 40.7. The highest BCUT2D eigenvalue weighted by Crippen LogP contribution is 2.45. The van der Waals surface area contributed by atoms with Crippen LogP contribution in [-0.2, 0) is 65.4 Å². The maximum atomic E-state index is 13.1. The Hall–Kier alpha value is -1.94. The van der Waals surface area contributed by atoms with Crippen LogP contribution in [0.15, 0.2) is 0 Å². The summed E-state index contributed by atoms with van der Waals surface area (Å²) in [7, 11) is -9.91. The highest BCUT2D eigenvalue weighted by atomic mass is 31.2. The van der Waals surface area contributed by atoms with E-state index < -0.39 is 97.5 Å². The normalized spacial score (nSPS) is 14.3. The van der Waals surface area contributed by atoms with Crippen molar-refractivity contribution in [1.82, 2.24) is 0 Å². The third-order valence-corrected chi connectivity index (χ3v) is 20.6. The minimum absolute atomic E-state index is 0.101. The van der Waals surface area contributed by atoms with Crippen LogP contribution >= 0.6 is 15.6 Å². The van der Waals surface area contributed by atoms with E-state index in [2.05, 4.69) is 55.4 Å². The van der Waals surface area contributed by atoms with Crippen molar-refractivity contribution in [2.24, 2.45) is 23.7 Å². The fraction of sp³-hybridized carbons (Fsp3) is 0.949. The fourth-order valence-corrected chi connectivity index (χ4v) is 13.6. The second kappa shape index (κ2) is 68.2. The minimum Gasteiger partial charge on any atom is -0.462 e. The fourth-order valence-electron chi connectivity index (χ4n) is 12.0. The first-order valence-corrected chi connectivity index (χ1v) is 43.7. The van der Waals surface area contributed by atoms with Crippen molar-refractivity contribution in [1.29, 1.82) is 0 Å². The largest absolute Gasteiger partial charge is 0.472 e. The number of phosphoric acid groups is 2. The molecule has 0 radical (unpaired) electrons. The maximum absolute atomic E-state index is 13.1. The van der Waals surface area contributed by atoms with Crippen LogP contribution in [-0.4, -0.2) is 96.7 Å².